The number of carbonyl (C=O) groups is 2. The number of carbonyl (C=O) groups excluding carboxylic acids is 1. The zero-order valence-corrected chi connectivity index (χ0v) is 11.2. The highest BCUT2D eigenvalue weighted by atomic mass is 16.6. The van der Waals surface area contributed by atoms with E-state index >= 15 is 0 Å². The molecule has 0 saturated carbocycles. The van der Waals surface area contributed by atoms with Gasteiger partial charge in [-0.25, -0.2) is 9.59 Å². The lowest BCUT2D eigenvalue weighted by Gasteiger charge is -2.27. The number of nitrogens with two attached hydrogens (primary N) is 1. The first-order valence-electron chi connectivity index (χ1n) is 6.07. The predicted octanol–water partition coefficient (Wildman–Crippen LogP) is 2.87. The Kier molecular flexibility index (Phi) is 3.36. The van der Waals surface area contributed by atoms with Crippen molar-refractivity contribution in [1.29, 1.82) is 0 Å². The number of aromatic carboxylic acids is 1. The number of rotatable bonds is 3. The van der Waals surface area contributed by atoms with Crippen molar-refractivity contribution in [1.82, 2.24) is 0 Å². The Bertz CT molecular complexity index is 691. The van der Waals surface area contributed by atoms with Gasteiger partial charge in [-0.2, -0.15) is 0 Å². The van der Waals surface area contributed by atoms with Crippen LogP contribution in [0.3, 0.4) is 0 Å². The molecule has 0 radical (unpaired) electrons. The number of hydrogen-bond acceptors (Lipinski definition) is 3. The SMILES string of the molecule is CC(C)(OC(N)=O)c1c(C(=O)O)ccc2ccccc12. The van der Waals surface area contributed by atoms with E-state index in [2.05, 4.69) is 0 Å². The van der Waals surface area contributed by atoms with Crippen molar-refractivity contribution in [3.63, 3.8) is 0 Å². The number of hydrogen-bond donors (Lipinski definition) is 2. The van der Waals surface area contributed by atoms with E-state index in [1.807, 2.05) is 12.1 Å². The molecule has 5 nitrogen and oxygen atoms in total. The monoisotopic (exact) mass is 273 g/mol. The minimum atomic E-state index is -1.14. The van der Waals surface area contributed by atoms with Crippen molar-refractivity contribution in [2.24, 2.45) is 5.73 Å². The maximum atomic E-state index is 11.4. The molecule has 0 aliphatic heterocycles. The molecular weight excluding hydrogens is 258 g/mol. The minimum Gasteiger partial charge on any atom is -0.478 e. The molecule has 0 fully saturated rings. The summed E-state index contributed by atoms with van der Waals surface area (Å²) in [7, 11) is 0. The molecule has 2 rings (SSSR count). The first kappa shape index (κ1) is 13.9. The average Bonchev–Trinajstić information content (AvgIpc) is 2.35. The normalized spacial score (nSPS) is 11.3. The van der Waals surface area contributed by atoms with E-state index in [4.69, 9.17) is 10.5 Å². The zero-order chi connectivity index (χ0) is 14.9. The van der Waals surface area contributed by atoms with Gasteiger partial charge in [-0.3, -0.25) is 0 Å². The van der Waals surface area contributed by atoms with Crippen molar-refractivity contribution < 1.29 is 19.4 Å². The first-order chi connectivity index (χ1) is 9.33. The van der Waals surface area contributed by atoms with Gasteiger partial charge in [0.2, 0.25) is 0 Å². The summed E-state index contributed by atoms with van der Waals surface area (Å²) in [4.78, 5) is 22.5. The van der Waals surface area contributed by atoms with Gasteiger partial charge in [0, 0.05) is 5.56 Å². The summed E-state index contributed by atoms with van der Waals surface area (Å²) in [5.41, 5.74) is 4.46. The molecule has 0 bridgehead atoms. The smallest absolute Gasteiger partial charge is 0.405 e. The Balaban J connectivity index is 2.79. The summed E-state index contributed by atoms with van der Waals surface area (Å²) in [5.74, 6) is -1.08. The summed E-state index contributed by atoms with van der Waals surface area (Å²) in [6.45, 7) is 3.23. The quantitative estimate of drug-likeness (QED) is 0.899. The molecule has 5 heteroatoms. The van der Waals surface area contributed by atoms with Gasteiger partial charge in [-0.05, 0) is 30.7 Å². The van der Waals surface area contributed by atoms with Crippen molar-refractivity contribution in [2.45, 2.75) is 19.4 Å². The summed E-state index contributed by atoms with van der Waals surface area (Å²) in [5, 5.41) is 10.9. The van der Waals surface area contributed by atoms with E-state index in [1.54, 1.807) is 32.0 Å². The molecule has 0 atom stereocenters. The molecule has 2 aromatic carbocycles. The second-order valence-electron chi connectivity index (χ2n) is 4.95. The fraction of sp³-hybridized carbons (Fsp3) is 0.200. The number of ether oxygens (including phenoxy) is 1. The molecule has 0 heterocycles. The molecule has 2 aromatic rings. The molecule has 0 saturated heterocycles. The van der Waals surface area contributed by atoms with Gasteiger partial charge in [0.25, 0.3) is 0 Å². The minimum absolute atomic E-state index is 0.0925. The van der Waals surface area contributed by atoms with Crippen LogP contribution in [0.5, 0.6) is 0 Å². The van der Waals surface area contributed by atoms with Gasteiger partial charge in [-0.15, -0.1) is 0 Å². The topological polar surface area (TPSA) is 89.6 Å². The largest absolute Gasteiger partial charge is 0.478 e. The number of benzene rings is 2. The maximum Gasteiger partial charge on any atom is 0.405 e. The van der Waals surface area contributed by atoms with Gasteiger partial charge in [0.05, 0.1) is 5.56 Å². The third-order valence-electron chi connectivity index (χ3n) is 3.12. The lowest BCUT2D eigenvalue weighted by molar-refractivity contribution is 0.0415. The Morgan fingerprint density at radius 3 is 2.40 bits per heavy atom. The van der Waals surface area contributed by atoms with Gasteiger partial charge in [0.15, 0.2) is 0 Å². The average molecular weight is 273 g/mol. The number of amides is 1. The molecule has 3 N–H and O–H groups in total. The van der Waals surface area contributed by atoms with Crippen LogP contribution in [0.2, 0.25) is 0 Å². The molecule has 20 heavy (non-hydrogen) atoms. The lowest BCUT2D eigenvalue weighted by Crippen LogP contribution is -2.30. The van der Waals surface area contributed by atoms with Gasteiger partial charge < -0.3 is 15.6 Å². The molecular formula is C15H15NO4. The molecule has 0 aliphatic carbocycles. The van der Waals surface area contributed by atoms with Crippen molar-refractivity contribution in [2.75, 3.05) is 0 Å². The Morgan fingerprint density at radius 2 is 1.80 bits per heavy atom. The summed E-state index contributed by atoms with van der Waals surface area (Å²) >= 11 is 0. The first-order valence-corrected chi connectivity index (χ1v) is 6.07. The molecule has 1 amide bonds. The van der Waals surface area contributed by atoms with Gasteiger partial charge in [-0.1, -0.05) is 30.3 Å². The van der Waals surface area contributed by atoms with Crippen LogP contribution in [0, 0.1) is 0 Å². The molecule has 0 aromatic heterocycles. The van der Waals surface area contributed by atoms with Gasteiger partial charge >= 0.3 is 12.1 Å². The van der Waals surface area contributed by atoms with E-state index < -0.39 is 17.7 Å². The van der Waals surface area contributed by atoms with Crippen LogP contribution in [0.25, 0.3) is 10.8 Å². The molecule has 0 spiro atoms. The van der Waals surface area contributed by atoms with Crippen LogP contribution in [-0.4, -0.2) is 17.2 Å². The van der Waals surface area contributed by atoms with E-state index in [-0.39, 0.29) is 5.56 Å². The van der Waals surface area contributed by atoms with Crippen LogP contribution in [0.15, 0.2) is 36.4 Å². The second kappa shape index (κ2) is 4.85. The molecule has 0 aliphatic rings. The van der Waals surface area contributed by atoms with E-state index in [1.165, 1.54) is 6.07 Å². The number of carboxylic acid groups (broad SMARTS) is 1. The van der Waals surface area contributed by atoms with Crippen LogP contribution in [-0.2, 0) is 10.3 Å². The third-order valence-corrected chi connectivity index (χ3v) is 3.12. The van der Waals surface area contributed by atoms with Crippen LogP contribution < -0.4 is 5.73 Å². The second-order valence-corrected chi connectivity index (χ2v) is 4.95. The highest BCUT2D eigenvalue weighted by Gasteiger charge is 2.31. The lowest BCUT2D eigenvalue weighted by atomic mass is 9.88. The fourth-order valence-electron chi connectivity index (χ4n) is 2.40. The van der Waals surface area contributed by atoms with Crippen molar-refractivity contribution in [3.05, 3.63) is 47.5 Å². The van der Waals surface area contributed by atoms with E-state index in [0.29, 0.717) is 5.56 Å². The van der Waals surface area contributed by atoms with Crippen molar-refractivity contribution >= 4 is 22.8 Å². The Morgan fingerprint density at radius 1 is 1.15 bits per heavy atom. The molecule has 0 unspecified atom stereocenters. The third kappa shape index (κ3) is 2.42. The molecule has 104 valence electrons. The van der Waals surface area contributed by atoms with E-state index in [9.17, 15) is 14.7 Å². The van der Waals surface area contributed by atoms with E-state index in [0.717, 1.165) is 10.8 Å². The highest BCUT2D eigenvalue weighted by Crippen LogP contribution is 2.34. The van der Waals surface area contributed by atoms with Crippen LogP contribution in [0.1, 0.15) is 29.8 Å². The Labute approximate surface area is 116 Å². The van der Waals surface area contributed by atoms with Crippen LogP contribution in [0.4, 0.5) is 4.79 Å². The Hall–Kier alpha value is -2.56. The number of carboxylic acids is 1. The maximum absolute atomic E-state index is 11.4. The standard InChI is InChI=1S/C15H15NO4/c1-15(2,20-14(16)19)12-10-6-4-3-5-9(10)7-8-11(12)13(17)18/h3-8H,1-2H3,(H2,16,19)(H,17,18). The number of fused-ring (bicyclic) bond motifs is 1. The number of primary amides is 1. The summed E-state index contributed by atoms with van der Waals surface area (Å²) in [6, 6.07) is 10.6. The highest BCUT2D eigenvalue weighted by molar-refractivity contribution is 5.98. The van der Waals surface area contributed by atoms with Crippen molar-refractivity contribution in [3.8, 4) is 0 Å². The van der Waals surface area contributed by atoms with Crippen LogP contribution >= 0.6 is 0 Å². The zero-order valence-electron chi connectivity index (χ0n) is 11.2. The predicted molar refractivity (Wildman–Crippen MR) is 74.6 cm³/mol. The summed E-state index contributed by atoms with van der Waals surface area (Å²) in [6.07, 6.45) is -0.945. The summed E-state index contributed by atoms with van der Waals surface area (Å²) < 4.78 is 5.10. The van der Waals surface area contributed by atoms with Gasteiger partial charge in [0.1, 0.15) is 5.60 Å². The fourth-order valence-corrected chi connectivity index (χ4v) is 2.40.